The zero-order valence-corrected chi connectivity index (χ0v) is 83.4. The van der Waals surface area contributed by atoms with Gasteiger partial charge in [0.2, 0.25) is 11.8 Å². The summed E-state index contributed by atoms with van der Waals surface area (Å²) >= 11 is 0. The van der Waals surface area contributed by atoms with Crippen LogP contribution in [0.1, 0.15) is 210 Å². The molecule has 8 amide bonds. The van der Waals surface area contributed by atoms with Gasteiger partial charge in [-0.2, -0.15) is 0 Å². The minimum Gasteiger partial charge on any atom is -0.397 e. The Labute approximate surface area is 861 Å². The fourth-order valence-electron chi connectivity index (χ4n) is 19.9. The van der Waals surface area contributed by atoms with E-state index in [1.165, 1.54) is 38.5 Å². The third-order valence-electron chi connectivity index (χ3n) is 28.0. The number of benzene rings is 3. The van der Waals surface area contributed by atoms with Crippen LogP contribution in [-0.4, -0.2) is 227 Å². The van der Waals surface area contributed by atoms with Crippen LogP contribution in [0.15, 0.2) is 275 Å². The Hall–Kier alpha value is -17.4. The van der Waals surface area contributed by atoms with Crippen molar-refractivity contribution in [2.24, 2.45) is 17.2 Å². The number of anilines is 2. The summed E-state index contributed by atoms with van der Waals surface area (Å²) in [6, 6.07) is 55.0. The van der Waals surface area contributed by atoms with Crippen molar-refractivity contribution in [1.82, 2.24) is 102 Å². The summed E-state index contributed by atoms with van der Waals surface area (Å²) in [6.45, 7) is 12.5. The number of carbonyl (C=O) groups excluding carboxylic acids is 8. The predicted molar refractivity (Wildman–Crippen MR) is 577 cm³/mol. The Bertz CT molecular complexity index is 7750. The summed E-state index contributed by atoms with van der Waals surface area (Å²) in [5.74, 6) is -0.00859. The molecule has 21 heterocycles. The van der Waals surface area contributed by atoms with Crippen molar-refractivity contribution < 1.29 is 38.4 Å². The lowest BCUT2D eigenvalue weighted by Crippen LogP contribution is -2.35. The van der Waals surface area contributed by atoms with Crippen LogP contribution in [0.3, 0.4) is 0 Å². The average molecular weight is 1990 g/mol. The molecule has 758 valence electrons. The van der Waals surface area contributed by atoms with Gasteiger partial charge in [0.15, 0.2) is 0 Å². The van der Waals surface area contributed by atoms with Gasteiger partial charge in [0.25, 0.3) is 35.4 Å². The SMILES string of the molecule is Cc1ccc(-n2ccc3cc(C(=O)N4CCCCC4)cnc32)cn1.NC(=O)c1ccc(-n2ccc3cc(C(=O)N4CCCCC4)cnc32)cc1.NC(=O)c1cccc(-n2ccc3cc(C(=O)N4CCCCC4)cnc32)c1.NCc1cccc(-n2ccc3cc(C(=O)N4CCCCC4)cnc32)c1.Nc1ccc(-n2ccc3cc(C(=O)N4CCCCC4)cnc32)cn1.Nc1cncc(-n2ccc3cc(C(=O)N4CCCCC4)cnc32)c1. The minimum atomic E-state index is -0.467. The molecule has 3 aromatic carbocycles. The van der Waals surface area contributed by atoms with Crippen molar-refractivity contribution >= 4 is 125 Å². The molecule has 0 bridgehead atoms. The van der Waals surface area contributed by atoms with Crippen molar-refractivity contribution in [3.05, 3.63) is 331 Å². The Balaban J connectivity index is 0.000000112. The van der Waals surface area contributed by atoms with Crippen molar-refractivity contribution in [2.45, 2.75) is 129 Å². The summed E-state index contributed by atoms with van der Waals surface area (Å²) in [5.41, 5.74) is 45.5. The van der Waals surface area contributed by atoms with E-state index in [0.717, 1.165) is 267 Å². The van der Waals surface area contributed by atoms with Crippen molar-refractivity contribution in [3.63, 3.8) is 0 Å². The van der Waals surface area contributed by atoms with E-state index < -0.39 is 11.8 Å². The molecule has 6 aliphatic heterocycles. The molecule has 34 heteroatoms. The quantitative estimate of drug-likeness (QED) is 0.0636. The summed E-state index contributed by atoms with van der Waals surface area (Å²) in [7, 11) is 0. The molecule has 0 spiro atoms. The van der Waals surface area contributed by atoms with Crippen LogP contribution in [0.4, 0.5) is 11.5 Å². The van der Waals surface area contributed by atoms with E-state index in [1.807, 2.05) is 241 Å². The van der Waals surface area contributed by atoms with Gasteiger partial charge >= 0.3 is 0 Å². The standard InChI is InChI=1S/2C20H20N4O2.C20H22N4O.C19H20N4O.2C18H19N5O/c21-18(25)14-4-6-17(7-5-14)24-11-8-15-12-16(13-22-19(15)24)20(26)23-9-2-1-3-10-23;21-18(25)14-5-4-6-17(12-14)24-10-7-15-11-16(13-22-19(15)24)20(26)23-8-2-1-3-9-23;21-13-15-5-4-6-18(11-15)24-10-7-16-12-17(14-22-19(16)24)20(25)23-8-2-1-3-9-23;1-14-5-6-17(13-20-14)23-10-7-15-11-16(12-21-18(15)23)19(24)22-8-3-2-4-9-22;19-16-5-4-15(12-20-16)23-9-6-13-10-14(11-21-17(13)23)18(24)22-7-2-1-3-8-22;19-15-9-16(12-20-11-15)23-7-4-13-8-14(10-21-17(13)23)18(24)22-5-2-1-3-6-22/h4-8,11-13H,1-3,9-10H2,(H2,21,25);4-7,10-13H,1-3,8-9H2,(H2,21,25);4-7,10-12,14H,1-3,8-9,13,21H2;5-7,10-13H,2-4,8-9H2,1H3;4-6,9-12H,1-3,7-8H2,(H2,19,20);4,7-12H,1-3,5-6,19H2. The fraction of sp³-hybridized carbons (Fsp3) is 0.278. The first-order chi connectivity index (χ1) is 72.7. The van der Waals surface area contributed by atoms with Crippen LogP contribution >= 0.6 is 0 Å². The molecule has 18 aromatic rings. The number of piperidine rings is 6. The molecule has 24 rings (SSSR count). The molecular formula is C115H120N26O8. The van der Waals surface area contributed by atoms with Crippen LogP contribution in [0.2, 0.25) is 0 Å². The highest BCUT2D eigenvalue weighted by atomic mass is 16.2. The predicted octanol–water partition coefficient (Wildman–Crippen LogP) is 17.2. The summed E-state index contributed by atoms with van der Waals surface area (Å²) in [6.07, 6.45) is 48.7. The first-order valence-electron chi connectivity index (χ1n) is 51.2. The molecule has 6 fully saturated rings. The van der Waals surface area contributed by atoms with Gasteiger partial charge in [-0.3, -0.25) is 62.0 Å². The monoisotopic (exact) mass is 1990 g/mol. The smallest absolute Gasteiger partial charge is 0.255 e. The third kappa shape index (κ3) is 23.3. The number of nitrogens with two attached hydrogens (primary N) is 5. The third-order valence-corrected chi connectivity index (χ3v) is 28.0. The maximum Gasteiger partial charge on any atom is 0.255 e. The molecule has 34 nitrogen and oxygen atoms in total. The second-order valence-corrected chi connectivity index (χ2v) is 38.3. The van der Waals surface area contributed by atoms with Gasteiger partial charge in [-0.15, -0.1) is 0 Å². The largest absolute Gasteiger partial charge is 0.397 e. The Morgan fingerprint density at radius 2 is 0.537 bits per heavy atom. The lowest BCUT2D eigenvalue weighted by atomic mass is 10.1. The molecule has 6 aliphatic rings. The molecule has 0 atom stereocenters. The van der Waals surface area contributed by atoms with Gasteiger partial charge in [0.1, 0.15) is 39.7 Å². The highest BCUT2D eigenvalue weighted by Crippen LogP contribution is 2.32. The second-order valence-electron chi connectivity index (χ2n) is 38.3. The van der Waals surface area contributed by atoms with Crippen molar-refractivity contribution in [2.75, 3.05) is 90.0 Å². The molecule has 6 saturated heterocycles. The number of rotatable bonds is 15. The highest BCUT2D eigenvalue weighted by molar-refractivity contribution is 6.02. The lowest BCUT2D eigenvalue weighted by Gasteiger charge is -2.26. The van der Waals surface area contributed by atoms with E-state index in [0.29, 0.717) is 62.6 Å². The molecule has 0 unspecified atom stereocenters. The highest BCUT2D eigenvalue weighted by Gasteiger charge is 2.28. The number of amides is 8. The van der Waals surface area contributed by atoms with Gasteiger partial charge in [0.05, 0.1) is 74.7 Å². The lowest BCUT2D eigenvalue weighted by molar-refractivity contribution is 0.0716. The number of likely N-dealkylation sites (tertiary alicyclic amines) is 6. The summed E-state index contributed by atoms with van der Waals surface area (Å²) < 4.78 is 11.7. The number of pyridine rings is 9. The van der Waals surface area contributed by atoms with Crippen molar-refractivity contribution in [1.29, 1.82) is 0 Å². The van der Waals surface area contributed by atoms with E-state index in [4.69, 9.17) is 28.7 Å². The zero-order chi connectivity index (χ0) is 103. The van der Waals surface area contributed by atoms with Crippen LogP contribution in [0.25, 0.3) is 100 Å². The van der Waals surface area contributed by atoms with Gasteiger partial charge < -0.3 is 71.8 Å². The maximum atomic E-state index is 12.7. The van der Waals surface area contributed by atoms with E-state index in [1.54, 1.807) is 92.2 Å². The first-order valence-corrected chi connectivity index (χ1v) is 51.2. The van der Waals surface area contributed by atoms with Gasteiger partial charge in [0, 0.05) is 232 Å². The van der Waals surface area contributed by atoms with E-state index >= 15 is 0 Å². The van der Waals surface area contributed by atoms with Gasteiger partial charge in [-0.05, 0) is 286 Å². The second kappa shape index (κ2) is 46.3. The molecule has 0 radical (unpaired) electrons. The number of nitrogens with zero attached hydrogens (tertiary/aromatic N) is 21. The number of hydrogen-bond acceptors (Lipinski definition) is 20. The Morgan fingerprint density at radius 3 is 0.832 bits per heavy atom. The van der Waals surface area contributed by atoms with Crippen LogP contribution in [0, 0.1) is 6.92 Å². The molecule has 149 heavy (non-hydrogen) atoms. The minimum absolute atomic E-state index is 0.0441. The molecule has 10 N–H and O–H groups in total. The van der Waals surface area contributed by atoms with Gasteiger partial charge in [-0.1, -0.05) is 18.2 Å². The maximum absolute atomic E-state index is 12.7. The molecule has 0 aliphatic carbocycles. The van der Waals surface area contributed by atoms with Crippen LogP contribution < -0.4 is 28.7 Å². The van der Waals surface area contributed by atoms with E-state index in [-0.39, 0.29) is 35.4 Å². The zero-order valence-electron chi connectivity index (χ0n) is 83.4. The number of aryl methyl sites for hydroxylation is 1. The van der Waals surface area contributed by atoms with Crippen LogP contribution in [0.5, 0.6) is 0 Å². The normalized spacial score (nSPS) is 14.8. The summed E-state index contributed by atoms with van der Waals surface area (Å²) in [4.78, 5) is 150. The number of fused-ring (bicyclic) bond motifs is 6. The topological polar surface area (TPSA) is 432 Å². The number of hydrogen-bond donors (Lipinski definition) is 5. The number of primary amides is 2. The number of aromatic nitrogens is 15. The number of carbonyl (C=O) groups is 8. The molecular weight excluding hydrogens is 1870 g/mol. The molecule has 0 saturated carbocycles. The molecule has 15 aromatic heterocycles. The Kier molecular flexibility index (Phi) is 31.2. The van der Waals surface area contributed by atoms with Gasteiger partial charge in [-0.25, -0.2) is 34.9 Å². The van der Waals surface area contributed by atoms with Crippen molar-refractivity contribution in [3.8, 4) is 34.1 Å². The number of nitrogen functional groups attached to an aromatic ring is 2. The van der Waals surface area contributed by atoms with E-state index in [9.17, 15) is 38.4 Å². The average Bonchev–Trinajstić information content (AvgIpc) is 1.69. The first kappa shape index (κ1) is 100. The fourth-order valence-corrected chi connectivity index (χ4v) is 19.9. The van der Waals surface area contributed by atoms with Crippen LogP contribution in [-0.2, 0) is 6.54 Å². The Morgan fingerprint density at radius 1 is 0.248 bits per heavy atom. The van der Waals surface area contributed by atoms with E-state index in [2.05, 4.69) is 50.9 Å². The summed E-state index contributed by atoms with van der Waals surface area (Å²) in [5, 5.41) is 5.61.